The summed E-state index contributed by atoms with van der Waals surface area (Å²) in [4.78, 5) is 25.8. The lowest BCUT2D eigenvalue weighted by molar-refractivity contribution is -0.435. The maximum absolute atomic E-state index is 11.9. The van der Waals surface area contributed by atoms with Gasteiger partial charge in [-0.15, -0.1) is 0 Å². The fourth-order valence-corrected chi connectivity index (χ4v) is 8.07. The third-order valence-corrected chi connectivity index (χ3v) is 10.1. The van der Waals surface area contributed by atoms with Gasteiger partial charge in [-0.2, -0.15) is 4.58 Å². The minimum atomic E-state index is -0.835. The van der Waals surface area contributed by atoms with Crippen LogP contribution in [0, 0.1) is 0 Å². The van der Waals surface area contributed by atoms with Gasteiger partial charge in [-0.05, 0) is 64.6 Å². The summed E-state index contributed by atoms with van der Waals surface area (Å²) in [5, 5.41) is 26.3. The summed E-state index contributed by atoms with van der Waals surface area (Å²) in [6.07, 6.45) is 6.35. The molecule has 47 heavy (non-hydrogen) atoms. The summed E-state index contributed by atoms with van der Waals surface area (Å²) in [6, 6.07) is 29.5. The highest BCUT2D eigenvalue weighted by atomic mass is 16.4. The van der Waals surface area contributed by atoms with E-state index in [-0.39, 0.29) is 18.3 Å². The number of carboxylic acids is 2. The minimum Gasteiger partial charge on any atom is -0.481 e. The maximum Gasteiger partial charge on any atom is 0.309 e. The van der Waals surface area contributed by atoms with Crippen LogP contribution in [-0.2, 0) is 20.4 Å². The van der Waals surface area contributed by atoms with Crippen LogP contribution in [0.2, 0.25) is 0 Å². The quantitative estimate of drug-likeness (QED) is 0.134. The number of carbonyl (C=O) groups is 2. The van der Waals surface area contributed by atoms with Crippen molar-refractivity contribution in [3.05, 3.63) is 120 Å². The first kappa shape index (κ1) is 30.4. The van der Waals surface area contributed by atoms with Crippen molar-refractivity contribution in [3.8, 4) is 0 Å². The molecule has 0 radical (unpaired) electrons. The van der Waals surface area contributed by atoms with E-state index in [0.717, 1.165) is 38.9 Å². The molecule has 0 bridgehead atoms. The van der Waals surface area contributed by atoms with Crippen molar-refractivity contribution in [2.75, 3.05) is 18.0 Å². The van der Waals surface area contributed by atoms with Crippen molar-refractivity contribution in [2.24, 2.45) is 0 Å². The fraction of sp³-hybridized carbons (Fsp3) is 0.244. The number of allylic oxidation sites excluding steroid dienone is 4. The number of nitrogens with zero attached hydrogens (tertiary/aromatic N) is 2. The lowest BCUT2D eigenvalue weighted by atomic mass is 9.77. The van der Waals surface area contributed by atoms with E-state index in [4.69, 9.17) is 0 Å². The summed E-state index contributed by atoms with van der Waals surface area (Å²) in [6.45, 7) is 9.57. The van der Waals surface area contributed by atoms with Gasteiger partial charge in [-0.1, -0.05) is 92.7 Å². The van der Waals surface area contributed by atoms with E-state index < -0.39 is 17.4 Å². The Morgan fingerprint density at radius 1 is 0.702 bits per heavy atom. The van der Waals surface area contributed by atoms with Crippen molar-refractivity contribution >= 4 is 61.3 Å². The maximum atomic E-state index is 11.9. The minimum absolute atomic E-state index is 0.00742. The summed E-state index contributed by atoms with van der Waals surface area (Å²) < 4.78 is 2.21. The average molecular weight is 624 g/mol. The van der Waals surface area contributed by atoms with Crippen LogP contribution < -0.4 is 4.90 Å². The molecule has 0 spiro atoms. The van der Waals surface area contributed by atoms with Gasteiger partial charge in [0.2, 0.25) is 5.69 Å². The van der Waals surface area contributed by atoms with E-state index in [1.165, 1.54) is 27.3 Å². The van der Waals surface area contributed by atoms with Crippen LogP contribution in [0.5, 0.6) is 0 Å². The first-order chi connectivity index (χ1) is 22.5. The number of benzene rings is 5. The molecule has 5 aromatic carbocycles. The van der Waals surface area contributed by atoms with Crippen LogP contribution in [0.15, 0.2) is 109 Å². The van der Waals surface area contributed by atoms with Crippen LogP contribution in [0.3, 0.4) is 0 Å². The van der Waals surface area contributed by atoms with Crippen molar-refractivity contribution in [1.29, 1.82) is 0 Å². The van der Waals surface area contributed by atoms with Gasteiger partial charge in [0.05, 0.1) is 17.2 Å². The molecular formula is C41H39N2O4+. The Kier molecular flexibility index (Phi) is 7.27. The molecule has 0 saturated heterocycles. The number of carboxylic acid groups (broad SMARTS) is 2. The molecule has 236 valence electrons. The van der Waals surface area contributed by atoms with E-state index in [9.17, 15) is 19.8 Å². The Morgan fingerprint density at radius 2 is 1.30 bits per heavy atom. The molecule has 2 heterocycles. The number of aliphatic carboxylic acids is 2. The molecule has 6 nitrogen and oxygen atoms in total. The molecule has 2 aliphatic heterocycles. The first-order valence-corrected chi connectivity index (χ1v) is 16.2. The zero-order valence-corrected chi connectivity index (χ0v) is 27.2. The largest absolute Gasteiger partial charge is 0.481 e. The highest BCUT2D eigenvalue weighted by molar-refractivity contribution is 6.19. The van der Waals surface area contributed by atoms with Crippen LogP contribution in [0.25, 0.3) is 32.3 Å². The summed E-state index contributed by atoms with van der Waals surface area (Å²) in [5.74, 6) is -1.67. The van der Waals surface area contributed by atoms with Crippen molar-refractivity contribution in [3.63, 3.8) is 0 Å². The lowest BCUT2D eigenvalue weighted by Gasteiger charge is -2.26. The van der Waals surface area contributed by atoms with E-state index in [0.29, 0.717) is 13.1 Å². The van der Waals surface area contributed by atoms with Crippen molar-refractivity contribution in [1.82, 2.24) is 0 Å². The lowest BCUT2D eigenvalue weighted by Crippen LogP contribution is -2.29. The molecule has 7 rings (SSSR count). The molecule has 0 saturated carbocycles. The number of hydrogen-bond acceptors (Lipinski definition) is 3. The molecule has 2 aliphatic rings. The number of anilines is 1. The average Bonchev–Trinajstić information content (AvgIpc) is 3.41. The topological polar surface area (TPSA) is 80.9 Å². The Labute approximate surface area is 274 Å². The highest BCUT2D eigenvalue weighted by Gasteiger charge is 2.47. The van der Waals surface area contributed by atoms with E-state index >= 15 is 0 Å². The molecule has 0 unspecified atom stereocenters. The first-order valence-electron chi connectivity index (χ1n) is 16.2. The summed E-state index contributed by atoms with van der Waals surface area (Å²) >= 11 is 0. The Hall–Kier alpha value is -5.23. The monoisotopic (exact) mass is 623 g/mol. The number of hydrogen-bond donors (Lipinski definition) is 2. The van der Waals surface area contributed by atoms with E-state index in [1.807, 2.05) is 12.1 Å². The van der Waals surface area contributed by atoms with Crippen LogP contribution in [0.4, 0.5) is 11.4 Å². The van der Waals surface area contributed by atoms with Gasteiger partial charge < -0.3 is 15.1 Å². The third kappa shape index (κ3) is 4.82. The normalized spacial score (nSPS) is 17.4. The van der Waals surface area contributed by atoms with Gasteiger partial charge in [-0.25, -0.2) is 0 Å². The standard InChI is InChI=1S/C41H38N2O4/c1-40(2)33(42(24-22-35(44)45)32-21-20-26-12-5-6-13-27(26)37(32)40)18-11-19-34-41(3,4)38-30-16-9-7-14-28(30)29-15-8-10-17-31(29)39(38)43(34)25-23-36(46)47/h5-21H,22-25H2,1-4H3,(H-,44,45,46,47)/p+1. The SMILES string of the molecule is CC1(C)C(/C=C/C=C2\N(CCC(=O)O)c3ccc4ccccc4c3C2(C)C)=[N+](CCC(=O)O)c2c1c1ccccc1c1ccccc21. The Balaban J connectivity index is 1.41. The second-order valence-electron chi connectivity index (χ2n) is 13.6. The van der Waals surface area contributed by atoms with Gasteiger partial charge in [-0.3, -0.25) is 9.59 Å². The van der Waals surface area contributed by atoms with Gasteiger partial charge in [0.15, 0.2) is 12.3 Å². The second-order valence-corrected chi connectivity index (χ2v) is 13.6. The zero-order valence-electron chi connectivity index (χ0n) is 27.2. The Morgan fingerprint density at radius 3 is 1.98 bits per heavy atom. The molecule has 2 N–H and O–H groups in total. The molecule has 0 fully saturated rings. The third-order valence-electron chi connectivity index (χ3n) is 10.1. The van der Waals surface area contributed by atoms with E-state index in [2.05, 4.69) is 128 Å². The second kappa shape index (κ2) is 11.2. The van der Waals surface area contributed by atoms with Gasteiger partial charge in [0.1, 0.15) is 6.42 Å². The zero-order chi connectivity index (χ0) is 33.1. The van der Waals surface area contributed by atoms with Gasteiger partial charge in [0.25, 0.3) is 0 Å². The Bertz CT molecular complexity index is 2220. The molecule has 0 aromatic heterocycles. The number of fused-ring (bicyclic) bond motifs is 9. The highest BCUT2D eigenvalue weighted by Crippen LogP contribution is 2.51. The van der Waals surface area contributed by atoms with Crippen LogP contribution >= 0.6 is 0 Å². The fourth-order valence-electron chi connectivity index (χ4n) is 8.07. The molecule has 5 aromatic rings. The predicted molar refractivity (Wildman–Crippen MR) is 190 cm³/mol. The van der Waals surface area contributed by atoms with Crippen molar-refractivity contribution in [2.45, 2.75) is 51.4 Å². The van der Waals surface area contributed by atoms with Crippen LogP contribution in [-0.4, -0.2) is 45.5 Å². The number of rotatable bonds is 8. The summed E-state index contributed by atoms with van der Waals surface area (Å²) in [7, 11) is 0. The molecular weight excluding hydrogens is 584 g/mol. The molecule has 0 aliphatic carbocycles. The van der Waals surface area contributed by atoms with Crippen molar-refractivity contribution < 1.29 is 24.4 Å². The molecule has 6 heteroatoms. The predicted octanol–water partition coefficient (Wildman–Crippen LogP) is 8.71. The van der Waals surface area contributed by atoms with Crippen LogP contribution in [0.1, 0.15) is 51.7 Å². The van der Waals surface area contributed by atoms with Gasteiger partial charge in [0, 0.05) is 35.0 Å². The van der Waals surface area contributed by atoms with Gasteiger partial charge >= 0.3 is 11.9 Å². The smallest absolute Gasteiger partial charge is 0.309 e. The molecule has 0 atom stereocenters. The molecule has 0 amide bonds. The van der Waals surface area contributed by atoms with E-state index in [1.54, 1.807) is 0 Å². The summed E-state index contributed by atoms with van der Waals surface area (Å²) in [5.41, 5.74) is 5.77.